The summed E-state index contributed by atoms with van der Waals surface area (Å²) in [6, 6.07) is 4.09. The normalized spacial score (nSPS) is 10.2. The summed E-state index contributed by atoms with van der Waals surface area (Å²) in [5, 5.41) is 3.28. The molecule has 1 aromatic rings. The Morgan fingerprint density at radius 3 is 2.71 bits per heavy atom. The average molecular weight is 193 g/mol. The third-order valence-electron chi connectivity index (χ3n) is 2.09. The molecular weight excluding hydrogens is 174 g/mol. The van der Waals surface area contributed by atoms with Gasteiger partial charge in [0.2, 0.25) is 0 Å². The van der Waals surface area contributed by atoms with Crippen LogP contribution in [0.2, 0.25) is 0 Å². The summed E-state index contributed by atoms with van der Waals surface area (Å²) in [4.78, 5) is 4.47. The molecule has 0 aliphatic carbocycles. The highest BCUT2D eigenvalue weighted by Crippen LogP contribution is 2.10. The van der Waals surface area contributed by atoms with Gasteiger partial charge in [0.1, 0.15) is 5.82 Å². The smallest absolute Gasteiger partial charge is 0.126 e. The van der Waals surface area contributed by atoms with Crippen molar-refractivity contribution in [2.45, 2.75) is 33.2 Å². The number of nitrogens with one attached hydrogen (secondary N) is 1. The molecule has 3 N–H and O–H groups in total. The Morgan fingerprint density at radius 1 is 1.36 bits per heavy atom. The Labute approximate surface area is 85.7 Å². The summed E-state index contributed by atoms with van der Waals surface area (Å²) in [5.41, 5.74) is 7.87. The number of aryl methyl sites for hydroxylation is 1. The van der Waals surface area contributed by atoms with Gasteiger partial charge in [-0.25, -0.2) is 4.98 Å². The van der Waals surface area contributed by atoms with Gasteiger partial charge in [-0.15, -0.1) is 0 Å². The van der Waals surface area contributed by atoms with E-state index in [-0.39, 0.29) is 0 Å². The molecule has 0 aliphatic rings. The van der Waals surface area contributed by atoms with Crippen LogP contribution in [-0.2, 0) is 13.0 Å². The van der Waals surface area contributed by atoms with E-state index in [9.17, 15) is 0 Å². The van der Waals surface area contributed by atoms with Crippen LogP contribution in [0, 0.1) is 0 Å². The first-order valence-electron chi connectivity index (χ1n) is 5.24. The standard InChI is InChI=1S/C11H19N3/c1-3-5-13-11-7-9(8-12)6-10(4-2)14-11/h6-7H,3-5,8,12H2,1-2H3,(H,13,14). The first kappa shape index (κ1) is 11.0. The molecule has 0 saturated heterocycles. The molecule has 0 aromatic carbocycles. The van der Waals surface area contributed by atoms with Crippen molar-refractivity contribution in [2.24, 2.45) is 5.73 Å². The quantitative estimate of drug-likeness (QED) is 0.751. The number of rotatable bonds is 5. The molecule has 0 spiro atoms. The minimum Gasteiger partial charge on any atom is -0.370 e. The minimum atomic E-state index is 0.580. The van der Waals surface area contributed by atoms with Crippen LogP contribution in [0.25, 0.3) is 0 Å². The topological polar surface area (TPSA) is 50.9 Å². The molecule has 0 radical (unpaired) electrons. The van der Waals surface area contributed by atoms with Crippen molar-refractivity contribution in [3.63, 3.8) is 0 Å². The molecule has 0 atom stereocenters. The van der Waals surface area contributed by atoms with Gasteiger partial charge in [-0.3, -0.25) is 0 Å². The van der Waals surface area contributed by atoms with Crippen molar-refractivity contribution < 1.29 is 0 Å². The Balaban J connectivity index is 2.81. The maximum absolute atomic E-state index is 5.62. The van der Waals surface area contributed by atoms with E-state index < -0.39 is 0 Å². The fourth-order valence-electron chi connectivity index (χ4n) is 1.29. The molecule has 3 heteroatoms. The van der Waals surface area contributed by atoms with Crippen LogP contribution < -0.4 is 11.1 Å². The van der Waals surface area contributed by atoms with Gasteiger partial charge in [0.15, 0.2) is 0 Å². The van der Waals surface area contributed by atoms with E-state index in [2.05, 4.69) is 30.2 Å². The molecular formula is C11H19N3. The second-order valence-electron chi connectivity index (χ2n) is 3.34. The second kappa shape index (κ2) is 5.60. The van der Waals surface area contributed by atoms with Gasteiger partial charge in [0, 0.05) is 18.8 Å². The van der Waals surface area contributed by atoms with E-state index >= 15 is 0 Å². The van der Waals surface area contributed by atoms with Crippen molar-refractivity contribution in [3.05, 3.63) is 23.4 Å². The number of nitrogens with zero attached hydrogens (tertiary/aromatic N) is 1. The van der Waals surface area contributed by atoms with Gasteiger partial charge in [-0.2, -0.15) is 0 Å². The SMILES string of the molecule is CCCNc1cc(CN)cc(CC)n1. The van der Waals surface area contributed by atoms with Gasteiger partial charge < -0.3 is 11.1 Å². The van der Waals surface area contributed by atoms with Gasteiger partial charge >= 0.3 is 0 Å². The molecule has 1 aromatic heterocycles. The zero-order valence-electron chi connectivity index (χ0n) is 9.01. The molecule has 0 bridgehead atoms. The molecule has 0 unspecified atom stereocenters. The monoisotopic (exact) mass is 193 g/mol. The van der Waals surface area contributed by atoms with Crippen LogP contribution in [0.1, 0.15) is 31.5 Å². The van der Waals surface area contributed by atoms with Gasteiger partial charge in [0.25, 0.3) is 0 Å². The molecule has 0 aliphatic heterocycles. The highest BCUT2D eigenvalue weighted by Gasteiger charge is 1.99. The summed E-state index contributed by atoms with van der Waals surface area (Å²) in [7, 11) is 0. The zero-order chi connectivity index (χ0) is 10.4. The van der Waals surface area contributed by atoms with Crippen LogP contribution in [0.15, 0.2) is 12.1 Å². The van der Waals surface area contributed by atoms with Crippen molar-refractivity contribution in [2.75, 3.05) is 11.9 Å². The van der Waals surface area contributed by atoms with Gasteiger partial charge in [-0.05, 0) is 30.5 Å². The van der Waals surface area contributed by atoms with Crippen LogP contribution in [0.4, 0.5) is 5.82 Å². The molecule has 78 valence electrons. The average Bonchev–Trinajstić information content (AvgIpc) is 2.25. The molecule has 0 saturated carbocycles. The maximum atomic E-state index is 5.62. The number of aromatic nitrogens is 1. The first-order chi connectivity index (χ1) is 6.80. The summed E-state index contributed by atoms with van der Waals surface area (Å²) < 4.78 is 0. The summed E-state index contributed by atoms with van der Waals surface area (Å²) >= 11 is 0. The van der Waals surface area contributed by atoms with E-state index in [4.69, 9.17) is 5.73 Å². The molecule has 14 heavy (non-hydrogen) atoms. The van der Waals surface area contributed by atoms with Crippen molar-refractivity contribution in [1.29, 1.82) is 0 Å². The number of anilines is 1. The third kappa shape index (κ3) is 3.00. The van der Waals surface area contributed by atoms with Crippen molar-refractivity contribution >= 4 is 5.82 Å². The fraction of sp³-hybridized carbons (Fsp3) is 0.545. The van der Waals surface area contributed by atoms with Gasteiger partial charge in [0.05, 0.1) is 0 Å². The number of nitrogens with two attached hydrogens (primary N) is 1. The molecule has 0 fully saturated rings. The summed E-state index contributed by atoms with van der Waals surface area (Å²) in [5.74, 6) is 0.951. The van der Waals surface area contributed by atoms with Crippen LogP contribution in [0.5, 0.6) is 0 Å². The lowest BCUT2D eigenvalue weighted by Crippen LogP contribution is -2.06. The van der Waals surface area contributed by atoms with E-state index in [1.54, 1.807) is 0 Å². The largest absolute Gasteiger partial charge is 0.370 e. The predicted molar refractivity (Wildman–Crippen MR) is 60.3 cm³/mol. The molecule has 3 nitrogen and oxygen atoms in total. The van der Waals surface area contributed by atoms with Crippen molar-refractivity contribution in [1.82, 2.24) is 4.98 Å². The Hall–Kier alpha value is -1.09. The van der Waals surface area contributed by atoms with Crippen molar-refractivity contribution in [3.8, 4) is 0 Å². The maximum Gasteiger partial charge on any atom is 0.126 e. The highest BCUT2D eigenvalue weighted by molar-refractivity contribution is 5.39. The Morgan fingerprint density at radius 2 is 2.14 bits per heavy atom. The Kier molecular flexibility index (Phi) is 4.40. The van der Waals surface area contributed by atoms with E-state index in [1.165, 1.54) is 0 Å². The predicted octanol–water partition coefficient (Wildman–Crippen LogP) is 1.92. The zero-order valence-corrected chi connectivity index (χ0v) is 9.01. The van der Waals surface area contributed by atoms with E-state index in [0.29, 0.717) is 6.54 Å². The first-order valence-corrected chi connectivity index (χ1v) is 5.24. The van der Waals surface area contributed by atoms with Crippen LogP contribution in [0.3, 0.4) is 0 Å². The number of hydrogen-bond donors (Lipinski definition) is 2. The highest BCUT2D eigenvalue weighted by atomic mass is 15.0. The number of hydrogen-bond acceptors (Lipinski definition) is 3. The second-order valence-corrected chi connectivity index (χ2v) is 3.34. The van der Waals surface area contributed by atoms with E-state index in [1.807, 2.05) is 6.07 Å². The Bertz CT molecular complexity index is 262. The molecule has 0 amide bonds. The number of pyridine rings is 1. The minimum absolute atomic E-state index is 0.580. The van der Waals surface area contributed by atoms with Crippen LogP contribution >= 0.6 is 0 Å². The summed E-state index contributed by atoms with van der Waals surface area (Å²) in [6.07, 6.45) is 2.06. The fourth-order valence-corrected chi connectivity index (χ4v) is 1.29. The molecule has 1 rings (SSSR count). The molecule has 1 heterocycles. The summed E-state index contributed by atoms with van der Waals surface area (Å²) in [6.45, 7) is 5.78. The van der Waals surface area contributed by atoms with E-state index in [0.717, 1.165) is 36.5 Å². The third-order valence-corrected chi connectivity index (χ3v) is 2.09. The lowest BCUT2D eigenvalue weighted by atomic mass is 10.2. The lowest BCUT2D eigenvalue weighted by molar-refractivity contribution is 0.944. The van der Waals surface area contributed by atoms with Crippen LogP contribution in [-0.4, -0.2) is 11.5 Å². The van der Waals surface area contributed by atoms with Gasteiger partial charge in [-0.1, -0.05) is 13.8 Å². The lowest BCUT2D eigenvalue weighted by Gasteiger charge is -2.08.